The second-order valence-electron chi connectivity index (χ2n) is 4.56. The molecule has 2 rings (SSSR count). The third-order valence-electron chi connectivity index (χ3n) is 2.88. The second-order valence-corrected chi connectivity index (χ2v) is 6.51. The van der Waals surface area contributed by atoms with E-state index in [1.807, 2.05) is 0 Å². The summed E-state index contributed by atoms with van der Waals surface area (Å²) in [5.74, 6) is 0.0384. The fourth-order valence-electron chi connectivity index (χ4n) is 1.84. The number of benzene rings is 2. The van der Waals surface area contributed by atoms with E-state index in [0.717, 1.165) is 12.1 Å². The molecule has 0 heterocycles. The first kappa shape index (κ1) is 18.4. The van der Waals surface area contributed by atoms with Gasteiger partial charge in [-0.3, -0.25) is 0 Å². The molecule has 4 nitrogen and oxygen atoms in total. The van der Waals surface area contributed by atoms with Gasteiger partial charge in [0, 0.05) is 0 Å². The highest BCUT2D eigenvalue weighted by molar-refractivity contribution is 7.87. The summed E-state index contributed by atoms with van der Waals surface area (Å²) in [5.41, 5.74) is -1.26. The smallest absolute Gasteiger partial charge is 0.417 e. The van der Waals surface area contributed by atoms with Crippen molar-refractivity contribution >= 4 is 21.7 Å². The van der Waals surface area contributed by atoms with Crippen LogP contribution in [0.1, 0.15) is 12.5 Å². The molecule has 0 aromatic heterocycles. The third-order valence-corrected chi connectivity index (χ3v) is 4.44. The van der Waals surface area contributed by atoms with E-state index in [0.29, 0.717) is 6.07 Å². The van der Waals surface area contributed by atoms with Crippen LogP contribution in [0.25, 0.3) is 0 Å². The van der Waals surface area contributed by atoms with Crippen molar-refractivity contribution < 1.29 is 30.5 Å². The molecule has 2 aromatic rings. The van der Waals surface area contributed by atoms with Crippen LogP contribution in [0.2, 0.25) is 5.02 Å². The van der Waals surface area contributed by atoms with Crippen molar-refractivity contribution in [1.29, 1.82) is 0 Å². The minimum atomic E-state index is -4.79. The zero-order valence-corrected chi connectivity index (χ0v) is 13.9. The van der Waals surface area contributed by atoms with Crippen LogP contribution >= 0.6 is 11.6 Å². The molecule has 0 radical (unpaired) electrons. The molecule has 0 amide bonds. The molecule has 2 aromatic carbocycles. The summed E-state index contributed by atoms with van der Waals surface area (Å²) in [6.07, 6.45) is -4.79. The molecular weight excluding hydrogens is 369 g/mol. The molecule has 130 valence electrons. The van der Waals surface area contributed by atoms with Crippen molar-refractivity contribution in [2.24, 2.45) is 0 Å². The van der Waals surface area contributed by atoms with Gasteiger partial charge in [-0.2, -0.15) is 21.6 Å². The monoisotopic (exact) mass is 380 g/mol. The quantitative estimate of drug-likeness (QED) is 0.715. The minimum absolute atomic E-state index is 0.122. The summed E-state index contributed by atoms with van der Waals surface area (Å²) in [6.45, 7) is 1.96. The zero-order valence-electron chi connectivity index (χ0n) is 12.3. The lowest BCUT2D eigenvalue weighted by atomic mass is 10.2. The van der Waals surface area contributed by atoms with E-state index < -0.39 is 31.8 Å². The van der Waals surface area contributed by atoms with Gasteiger partial charge in [0.2, 0.25) is 0 Å². The van der Waals surface area contributed by atoms with E-state index >= 15 is 0 Å². The molecule has 0 spiro atoms. The van der Waals surface area contributed by atoms with Gasteiger partial charge in [0.25, 0.3) is 0 Å². The number of hydrogen-bond donors (Lipinski definition) is 0. The van der Waals surface area contributed by atoms with E-state index in [1.165, 1.54) is 18.2 Å². The number of alkyl halides is 3. The Bertz CT molecular complexity index is 835. The van der Waals surface area contributed by atoms with Crippen LogP contribution in [0.3, 0.4) is 0 Å². The first-order valence-corrected chi connectivity index (χ1v) is 8.47. The van der Waals surface area contributed by atoms with Gasteiger partial charge in [0.15, 0.2) is 11.5 Å². The molecule has 0 aliphatic rings. The predicted molar refractivity (Wildman–Crippen MR) is 81.9 cm³/mol. The number of ether oxygens (including phenoxy) is 1. The Labute approximate surface area is 141 Å². The Balaban J connectivity index is 2.42. The Kier molecular flexibility index (Phi) is 5.29. The lowest BCUT2D eigenvalue weighted by molar-refractivity contribution is -0.137. The van der Waals surface area contributed by atoms with Crippen molar-refractivity contribution in [3.05, 3.63) is 53.1 Å². The Morgan fingerprint density at radius 1 is 1.08 bits per heavy atom. The molecule has 0 unspecified atom stereocenters. The van der Waals surface area contributed by atoms with Crippen LogP contribution in [0, 0.1) is 0 Å². The maximum atomic E-state index is 12.9. The van der Waals surface area contributed by atoms with Crippen molar-refractivity contribution in [2.45, 2.75) is 18.0 Å². The van der Waals surface area contributed by atoms with Gasteiger partial charge in [-0.25, -0.2) is 0 Å². The van der Waals surface area contributed by atoms with Gasteiger partial charge in [-0.1, -0.05) is 23.7 Å². The summed E-state index contributed by atoms with van der Waals surface area (Å²) < 4.78 is 73.3. The molecule has 0 fully saturated rings. The van der Waals surface area contributed by atoms with Crippen molar-refractivity contribution in [3.63, 3.8) is 0 Å². The third kappa shape index (κ3) is 4.12. The number of hydrogen-bond acceptors (Lipinski definition) is 4. The molecule has 0 atom stereocenters. The molecule has 0 N–H and O–H groups in total. The van der Waals surface area contributed by atoms with Gasteiger partial charge in [0.05, 0.1) is 17.2 Å². The zero-order chi connectivity index (χ0) is 18.0. The molecule has 0 saturated carbocycles. The number of halogens is 4. The SMILES string of the molecule is CCOc1ccccc1OS(=O)(=O)c1ccc(Cl)c(C(F)(F)F)c1. The van der Waals surface area contributed by atoms with Crippen LogP contribution < -0.4 is 8.92 Å². The standard InChI is InChI=1S/C15H12ClF3O4S/c1-2-22-13-5-3-4-6-14(13)23-24(20,21)10-7-8-12(16)11(9-10)15(17,18)19/h3-9H,2H2,1H3. The van der Waals surface area contributed by atoms with Gasteiger partial charge in [-0.05, 0) is 37.3 Å². The molecule has 0 aliphatic heterocycles. The van der Waals surface area contributed by atoms with Crippen LogP contribution in [0.5, 0.6) is 11.5 Å². The van der Waals surface area contributed by atoms with Crippen LogP contribution in [-0.4, -0.2) is 15.0 Å². The fraction of sp³-hybridized carbons (Fsp3) is 0.200. The molecule has 9 heteroatoms. The molecule has 24 heavy (non-hydrogen) atoms. The summed E-state index contributed by atoms with van der Waals surface area (Å²) in [5, 5.41) is -0.601. The highest BCUT2D eigenvalue weighted by Crippen LogP contribution is 2.37. The molecule has 0 saturated heterocycles. The first-order chi connectivity index (χ1) is 11.1. The largest absolute Gasteiger partial charge is 0.490 e. The van der Waals surface area contributed by atoms with Crippen molar-refractivity contribution in [3.8, 4) is 11.5 Å². The molecule has 0 aliphatic carbocycles. The first-order valence-electron chi connectivity index (χ1n) is 6.68. The van der Waals surface area contributed by atoms with Crippen LogP contribution in [-0.2, 0) is 16.3 Å². The summed E-state index contributed by atoms with van der Waals surface area (Å²) >= 11 is 5.48. The van der Waals surface area contributed by atoms with E-state index in [1.54, 1.807) is 13.0 Å². The van der Waals surface area contributed by atoms with Gasteiger partial charge < -0.3 is 8.92 Å². The highest BCUT2D eigenvalue weighted by atomic mass is 35.5. The maximum absolute atomic E-state index is 12.9. The van der Waals surface area contributed by atoms with Crippen LogP contribution in [0.4, 0.5) is 13.2 Å². The summed E-state index contributed by atoms with van der Waals surface area (Å²) in [4.78, 5) is -0.662. The van der Waals surface area contributed by atoms with Gasteiger partial charge in [-0.15, -0.1) is 0 Å². The Morgan fingerprint density at radius 3 is 2.29 bits per heavy atom. The molecular formula is C15H12ClF3O4S. The minimum Gasteiger partial charge on any atom is -0.490 e. The second kappa shape index (κ2) is 6.90. The lowest BCUT2D eigenvalue weighted by Crippen LogP contribution is -2.13. The molecule has 0 bridgehead atoms. The van der Waals surface area contributed by atoms with E-state index in [-0.39, 0.29) is 18.1 Å². The topological polar surface area (TPSA) is 52.6 Å². The summed E-state index contributed by atoms with van der Waals surface area (Å²) in [7, 11) is -4.49. The summed E-state index contributed by atoms with van der Waals surface area (Å²) in [6, 6.07) is 8.16. The normalized spacial score (nSPS) is 12.0. The van der Waals surface area contributed by atoms with Gasteiger partial charge >= 0.3 is 16.3 Å². The number of para-hydroxylation sites is 2. The fourth-order valence-corrected chi connectivity index (χ4v) is 3.03. The highest BCUT2D eigenvalue weighted by Gasteiger charge is 2.35. The van der Waals surface area contributed by atoms with E-state index in [4.69, 9.17) is 20.5 Å². The Hall–Kier alpha value is -1.93. The van der Waals surface area contributed by atoms with E-state index in [9.17, 15) is 21.6 Å². The average Bonchev–Trinajstić information content (AvgIpc) is 2.48. The van der Waals surface area contributed by atoms with E-state index in [2.05, 4.69) is 0 Å². The average molecular weight is 381 g/mol. The van der Waals surface area contributed by atoms with Crippen LogP contribution in [0.15, 0.2) is 47.4 Å². The van der Waals surface area contributed by atoms with Gasteiger partial charge in [0.1, 0.15) is 4.90 Å². The number of rotatable bonds is 5. The van der Waals surface area contributed by atoms with Crippen molar-refractivity contribution in [1.82, 2.24) is 0 Å². The predicted octanol–water partition coefficient (Wildman–Crippen LogP) is 4.53. The van der Waals surface area contributed by atoms with Crippen molar-refractivity contribution in [2.75, 3.05) is 6.61 Å². The maximum Gasteiger partial charge on any atom is 0.417 e. The Morgan fingerprint density at radius 2 is 1.71 bits per heavy atom. The lowest BCUT2D eigenvalue weighted by Gasteiger charge is -2.13.